The molecule has 2 aromatic rings. The molecule has 0 bridgehead atoms. The number of hydrogen-bond donors (Lipinski definition) is 0. The summed E-state index contributed by atoms with van der Waals surface area (Å²) in [5, 5.41) is 0. The molecule has 22 heavy (non-hydrogen) atoms. The first-order chi connectivity index (χ1) is 10.7. The van der Waals surface area contributed by atoms with Crippen LogP contribution < -0.4 is 14.2 Å². The van der Waals surface area contributed by atoms with Gasteiger partial charge in [0.1, 0.15) is 5.75 Å². The SMILES string of the molecule is COc1cccc(CN(C)CCc2ccc3c(c2)OCO3)c1. The maximum absolute atomic E-state index is 5.42. The van der Waals surface area contributed by atoms with E-state index in [1.165, 1.54) is 11.1 Å². The van der Waals surface area contributed by atoms with Crippen LogP contribution in [0, 0.1) is 0 Å². The summed E-state index contributed by atoms with van der Waals surface area (Å²) in [4.78, 5) is 2.30. The Bertz CT molecular complexity index is 642. The molecule has 0 saturated heterocycles. The molecule has 0 atom stereocenters. The minimum atomic E-state index is 0.328. The Balaban J connectivity index is 1.54. The van der Waals surface area contributed by atoms with Gasteiger partial charge < -0.3 is 19.1 Å². The monoisotopic (exact) mass is 299 g/mol. The normalized spacial score (nSPS) is 12.7. The highest BCUT2D eigenvalue weighted by molar-refractivity contribution is 5.44. The van der Waals surface area contributed by atoms with Crippen LogP contribution in [0.3, 0.4) is 0 Å². The van der Waals surface area contributed by atoms with E-state index < -0.39 is 0 Å². The number of likely N-dealkylation sites (N-methyl/N-ethyl adjacent to an activating group) is 1. The van der Waals surface area contributed by atoms with Crippen molar-refractivity contribution >= 4 is 0 Å². The molecular formula is C18H21NO3. The second-order valence-electron chi connectivity index (χ2n) is 5.53. The largest absolute Gasteiger partial charge is 0.497 e. The van der Waals surface area contributed by atoms with E-state index in [4.69, 9.17) is 14.2 Å². The van der Waals surface area contributed by atoms with E-state index >= 15 is 0 Å². The highest BCUT2D eigenvalue weighted by Gasteiger charge is 2.13. The molecule has 0 saturated carbocycles. The van der Waals surface area contributed by atoms with E-state index in [0.29, 0.717) is 6.79 Å². The zero-order valence-electron chi connectivity index (χ0n) is 13.0. The molecule has 116 valence electrons. The summed E-state index contributed by atoms with van der Waals surface area (Å²) in [5.41, 5.74) is 2.52. The molecule has 1 aliphatic heterocycles. The zero-order chi connectivity index (χ0) is 15.4. The molecule has 0 unspecified atom stereocenters. The fourth-order valence-corrected chi connectivity index (χ4v) is 2.58. The van der Waals surface area contributed by atoms with E-state index in [-0.39, 0.29) is 0 Å². The topological polar surface area (TPSA) is 30.9 Å². The number of fused-ring (bicyclic) bond motifs is 1. The molecule has 3 rings (SSSR count). The lowest BCUT2D eigenvalue weighted by atomic mass is 10.1. The second-order valence-corrected chi connectivity index (χ2v) is 5.53. The molecule has 0 spiro atoms. The third kappa shape index (κ3) is 3.52. The molecule has 0 N–H and O–H groups in total. The minimum Gasteiger partial charge on any atom is -0.497 e. The average Bonchev–Trinajstić information content (AvgIpc) is 3.00. The molecular weight excluding hydrogens is 278 g/mol. The van der Waals surface area contributed by atoms with Gasteiger partial charge >= 0.3 is 0 Å². The molecule has 0 fully saturated rings. The number of methoxy groups -OCH3 is 1. The lowest BCUT2D eigenvalue weighted by Crippen LogP contribution is -2.20. The Hall–Kier alpha value is -2.20. The molecule has 0 radical (unpaired) electrons. The second kappa shape index (κ2) is 6.71. The first kappa shape index (κ1) is 14.7. The summed E-state index contributed by atoms with van der Waals surface area (Å²) in [6.45, 7) is 2.22. The summed E-state index contributed by atoms with van der Waals surface area (Å²) in [6, 6.07) is 14.4. The Kier molecular flexibility index (Phi) is 4.49. The first-order valence-electron chi connectivity index (χ1n) is 7.44. The highest BCUT2D eigenvalue weighted by atomic mass is 16.7. The van der Waals surface area contributed by atoms with Crippen molar-refractivity contribution in [2.75, 3.05) is 27.5 Å². The van der Waals surface area contributed by atoms with Gasteiger partial charge in [-0.2, -0.15) is 0 Å². The molecule has 0 aromatic heterocycles. The lowest BCUT2D eigenvalue weighted by molar-refractivity contribution is 0.174. The van der Waals surface area contributed by atoms with Crippen LogP contribution in [0.2, 0.25) is 0 Å². The van der Waals surface area contributed by atoms with Gasteiger partial charge in [-0.3, -0.25) is 0 Å². The molecule has 4 nitrogen and oxygen atoms in total. The summed E-state index contributed by atoms with van der Waals surface area (Å²) >= 11 is 0. The average molecular weight is 299 g/mol. The predicted molar refractivity (Wildman–Crippen MR) is 85.6 cm³/mol. The number of rotatable bonds is 6. The summed E-state index contributed by atoms with van der Waals surface area (Å²) in [7, 11) is 3.83. The maximum atomic E-state index is 5.42. The predicted octanol–water partition coefficient (Wildman–Crippen LogP) is 3.10. The molecule has 4 heteroatoms. The van der Waals surface area contributed by atoms with Gasteiger partial charge in [0.2, 0.25) is 6.79 Å². The third-order valence-corrected chi connectivity index (χ3v) is 3.81. The van der Waals surface area contributed by atoms with Crippen LogP contribution in [-0.4, -0.2) is 32.4 Å². The van der Waals surface area contributed by atoms with Crippen LogP contribution in [0.25, 0.3) is 0 Å². The highest BCUT2D eigenvalue weighted by Crippen LogP contribution is 2.32. The zero-order valence-corrected chi connectivity index (χ0v) is 13.0. The summed E-state index contributed by atoms with van der Waals surface area (Å²) in [5.74, 6) is 2.60. The number of nitrogens with zero attached hydrogens (tertiary/aromatic N) is 1. The standard InChI is InChI=1S/C18H21NO3/c1-19(12-15-4-3-5-16(10-15)20-2)9-8-14-6-7-17-18(11-14)22-13-21-17/h3-7,10-11H,8-9,12-13H2,1-2H3. The van der Waals surface area contributed by atoms with Crippen molar-refractivity contribution in [1.82, 2.24) is 4.90 Å². The van der Waals surface area contributed by atoms with Gasteiger partial charge in [-0.1, -0.05) is 18.2 Å². The first-order valence-corrected chi connectivity index (χ1v) is 7.44. The summed E-state index contributed by atoms with van der Waals surface area (Å²) < 4.78 is 16.0. The fourth-order valence-electron chi connectivity index (χ4n) is 2.58. The van der Waals surface area contributed by atoms with Gasteiger partial charge in [-0.15, -0.1) is 0 Å². The smallest absolute Gasteiger partial charge is 0.231 e. The van der Waals surface area contributed by atoms with Gasteiger partial charge in [0, 0.05) is 13.1 Å². The van der Waals surface area contributed by atoms with Gasteiger partial charge in [0.15, 0.2) is 11.5 Å². The van der Waals surface area contributed by atoms with Crippen LogP contribution in [0.5, 0.6) is 17.2 Å². The molecule has 1 aliphatic rings. The molecule has 0 aliphatic carbocycles. The van der Waals surface area contributed by atoms with Crippen LogP contribution in [0.1, 0.15) is 11.1 Å². The van der Waals surface area contributed by atoms with Crippen LogP contribution in [0.4, 0.5) is 0 Å². The van der Waals surface area contributed by atoms with Crippen molar-refractivity contribution < 1.29 is 14.2 Å². The van der Waals surface area contributed by atoms with Crippen LogP contribution >= 0.6 is 0 Å². The maximum Gasteiger partial charge on any atom is 0.231 e. The lowest BCUT2D eigenvalue weighted by Gasteiger charge is -2.17. The number of benzene rings is 2. The van der Waals surface area contributed by atoms with Crippen LogP contribution in [-0.2, 0) is 13.0 Å². The van der Waals surface area contributed by atoms with Crippen molar-refractivity contribution in [3.63, 3.8) is 0 Å². The van der Waals surface area contributed by atoms with Crippen molar-refractivity contribution in [3.8, 4) is 17.2 Å². The number of ether oxygens (including phenoxy) is 3. The van der Waals surface area contributed by atoms with Gasteiger partial charge in [-0.25, -0.2) is 0 Å². The van der Waals surface area contributed by atoms with Crippen molar-refractivity contribution in [1.29, 1.82) is 0 Å². The van der Waals surface area contributed by atoms with Gasteiger partial charge in [0.25, 0.3) is 0 Å². The summed E-state index contributed by atoms with van der Waals surface area (Å²) in [6.07, 6.45) is 0.983. The Morgan fingerprint density at radius 1 is 1.05 bits per heavy atom. The number of hydrogen-bond acceptors (Lipinski definition) is 4. The van der Waals surface area contributed by atoms with E-state index in [2.05, 4.69) is 36.2 Å². The van der Waals surface area contributed by atoms with Crippen molar-refractivity contribution in [3.05, 3.63) is 53.6 Å². The Morgan fingerprint density at radius 3 is 2.77 bits per heavy atom. The Morgan fingerprint density at radius 2 is 1.91 bits per heavy atom. The Labute approximate surface area is 131 Å². The molecule has 2 aromatic carbocycles. The van der Waals surface area contributed by atoms with E-state index in [0.717, 1.165) is 36.8 Å². The van der Waals surface area contributed by atoms with Crippen LogP contribution in [0.15, 0.2) is 42.5 Å². The van der Waals surface area contributed by atoms with E-state index in [9.17, 15) is 0 Å². The minimum absolute atomic E-state index is 0.328. The van der Waals surface area contributed by atoms with Gasteiger partial charge in [-0.05, 0) is 48.9 Å². The quantitative estimate of drug-likeness (QED) is 0.820. The molecule has 0 amide bonds. The van der Waals surface area contributed by atoms with Crippen molar-refractivity contribution in [2.45, 2.75) is 13.0 Å². The fraction of sp³-hybridized carbons (Fsp3) is 0.333. The van der Waals surface area contributed by atoms with E-state index in [1.807, 2.05) is 18.2 Å². The third-order valence-electron chi connectivity index (χ3n) is 3.81. The molecule has 1 heterocycles. The van der Waals surface area contributed by atoms with Gasteiger partial charge in [0.05, 0.1) is 7.11 Å². The van der Waals surface area contributed by atoms with Crippen molar-refractivity contribution in [2.24, 2.45) is 0 Å². The van der Waals surface area contributed by atoms with E-state index in [1.54, 1.807) is 7.11 Å².